The summed E-state index contributed by atoms with van der Waals surface area (Å²) in [6.07, 6.45) is 1.74. The van der Waals surface area contributed by atoms with Crippen molar-refractivity contribution >= 4 is 5.97 Å². The van der Waals surface area contributed by atoms with Crippen LogP contribution in [0.5, 0.6) is 0 Å². The van der Waals surface area contributed by atoms with Crippen LogP contribution in [0, 0.1) is 17.2 Å². The smallest absolute Gasteiger partial charge is 0.309 e. The molecule has 1 heterocycles. The third-order valence-corrected chi connectivity index (χ3v) is 2.38. The average molecular weight is 211 g/mol. The van der Waals surface area contributed by atoms with Gasteiger partial charge in [-0.1, -0.05) is 0 Å². The summed E-state index contributed by atoms with van der Waals surface area (Å²) >= 11 is 0. The summed E-state index contributed by atoms with van der Waals surface area (Å²) in [5.74, 6) is -0.284. The maximum Gasteiger partial charge on any atom is 0.309 e. The van der Waals surface area contributed by atoms with Gasteiger partial charge in [-0.05, 0) is 26.7 Å². The number of nitriles is 1. The van der Waals surface area contributed by atoms with Crippen molar-refractivity contribution in [2.45, 2.75) is 45.3 Å². The number of hydrogen-bond acceptors (Lipinski definition) is 4. The maximum atomic E-state index is 11.3. The second kappa shape index (κ2) is 5.72. The van der Waals surface area contributed by atoms with E-state index in [-0.39, 0.29) is 24.1 Å². The molecule has 2 atom stereocenters. The highest BCUT2D eigenvalue weighted by Gasteiger charge is 2.33. The number of hydrogen-bond donors (Lipinski definition) is 0. The SMILES string of the molecule is CC(C)OCC1CC(CCC#N)C(=O)O1. The minimum atomic E-state index is -0.178. The molecular weight excluding hydrogens is 194 g/mol. The molecule has 1 aliphatic rings. The first-order chi connectivity index (χ1) is 7.13. The molecule has 0 amide bonds. The number of esters is 1. The van der Waals surface area contributed by atoms with Crippen LogP contribution >= 0.6 is 0 Å². The van der Waals surface area contributed by atoms with Crippen LogP contribution in [0.25, 0.3) is 0 Å². The van der Waals surface area contributed by atoms with E-state index in [2.05, 4.69) is 0 Å². The lowest BCUT2D eigenvalue weighted by Gasteiger charge is -2.11. The quantitative estimate of drug-likeness (QED) is 0.649. The fourth-order valence-electron chi connectivity index (χ4n) is 1.60. The molecule has 0 N–H and O–H groups in total. The molecule has 0 aliphatic carbocycles. The minimum Gasteiger partial charge on any atom is -0.460 e. The van der Waals surface area contributed by atoms with Crippen molar-refractivity contribution in [3.63, 3.8) is 0 Å². The fraction of sp³-hybridized carbons (Fsp3) is 0.818. The lowest BCUT2D eigenvalue weighted by atomic mass is 10.00. The predicted molar refractivity (Wildman–Crippen MR) is 53.9 cm³/mol. The van der Waals surface area contributed by atoms with Crippen LogP contribution < -0.4 is 0 Å². The fourth-order valence-corrected chi connectivity index (χ4v) is 1.60. The molecule has 4 nitrogen and oxygen atoms in total. The van der Waals surface area contributed by atoms with Crippen LogP contribution in [-0.2, 0) is 14.3 Å². The van der Waals surface area contributed by atoms with E-state index in [0.29, 0.717) is 25.9 Å². The first-order valence-electron chi connectivity index (χ1n) is 5.32. The van der Waals surface area contributed by atoms with E-state index >= 15 is 0 Å². The number of carbonyl (C=O) groups excluding carboxylic acids is 1. The molecule has 1 saturated heterocycles. The summed E-state index contributed by atoms with van der Waals surface area (Å²) in [7, 11) is 0. The van der Waals surface area contributed by atoms with Crippen LogP contribution in [0.3, 0.4) is 0 Å². The lowest BCUT2D eigenvalue weighted by molar-refractivity contribution is -0.146. The van der Waals surface area contributed by atoms with E-state index in [0.717, 1.165) is 0 Å². The summed E-state index contributed by atoms with van der Waals surface area (Å²) in [6.45, 7) is 4.36. The summed E-state index contributed by atoms with van der Waals surface area (Å²) < 4.78 is 10.5. The summed E-state index contributed by atoms with van der Waals surface area (Å²) in [5.41, 5.74) is 0. The van der Waals surface area contributed by atoms with Crippen LogP contribution in [0.2, 0.25) is 0 Å². The molecule has 15 heavy (non-hydrogen) atoms. The molecule has 1 fully saturated rings. The third kappa shape index (κ3) is 3.88. The van der Waals surface area contributed by atoms with Gasteiger partial charge >= 0.3 is 5.97 Å². The standard InChI is InChI=1S/C11H17NO3/c1-8(2)14-7-10-6-9(4-3-5-12)11(13)15-10/h8-10H,3-4,6-7H2,1-2H3. The topological polar surface area (TPSA) is 59.3 Å². The third-order valence-electron chi connectivity index (χ3n) is 2.38. The number of cyclic esters (lactones) is 1. The molecule has 0 bridgehead atoms. The largest absolute Gasteiger partial charge is 0.460 e. The Bertz CT molecular complexity index is 257. The predicted octanol–water partition coefficient (Wildman–Crippen LogP) is 1.65. The van der Waals surface area contributed by atoms with Gasteiger partial charge in [0.2, 0.25) is 0 Å². The molecule has 4 heteroatoms. The Labute approximate surface area is 90.2 Å². The Balaban J connectivity index is 2.29. The minimum absolute atomic E-state index is 0.106. The van der Waals surface area contributed by atoms with E-state index in [4.69, 9.17) is 14.7 Å². The first kappa shape index (κ1) is 12.0. The van der Waals surface area contributed by atoms with Crippen molar-refractivity contribution in [3.8, 4) is 6.07 Å². The van der Waals surface area contributed by atoms with Crippen molar-refractivity contribution in [2.75, 3.05) is 6.61 Å². The molecule has 0 spiro atoms. The van der Waals surface area contributed by atoms with E-state index < -0.39 is 0 Å². The van der Waals surface area contributed by atoms with E-state index in [1.807, 2.05) is 19.9 Å². The Morgan fingerprint density at radius 2 is 2.40 bits per heavy atom. The monoisotopic (exact) mass is 211 g/mol. The summed E-state index contributed by atoms with van der Waals surface area (Å²) in [4.78, 5) is 11.3. The molecule has 0 radical (unpaired) electrons. The summed E-state index contributed by atoms with van der Waals surface area (Å²) in [6, 6.07) is 2.04. The Morgan fingerprint density at radius 3 is 3.00 bits per heavy atom. The summed E-state index contributed by atoms with van der Waals surface area (Å²) in [5, 5.41) is 8.43. The van der Waals surface area contributed by atoms with Gasteiger partial charge in [0.05, 0.1) is 24.7 Å². The van der Waals surface area contributed by atoms with Gasteiger partial charge in [-0.15, -0.1) is 0 Å². The normalized spacial score (nSPS) is 25.3. The molecule has 0 saturated carbocycles. The highest BCUT2D eigenvalue weighted by atomic mass is 16.6. The Hall–Kier alpha value is -1.08. The van der Waals surface area contributed by atoms with Crippen molar-refractivity contribution < 1.29 is 14.3 Å². The van der Waals surface area contributed by atoms with Gasteiger partial charge in [0.15, 0.2) is 0 Å². The number of carbonyl (C=O) groups is 1. The molecule has 84 valence electrons. The zero-order valence-corrected chi connectivity index (χ0v) is 9.23. The zero-order valence-electron chi connectivity index (χ0n) is 9.23. The van der Waals surface area contributed by atoms with Gasteiger partial charge in [-0.2, -0.15) is 5.26 Å². The maximum absolute atomic E-state index is 11.3. The van der Waals surface area contributed by atoms with Gasteiger partial charge in [0, 0.05) is 6.42 Å². The molecule has 0 aromatic heterocycles. The van der Waals surface area contributed by atoms with Crippen LogP contribution in [-0.4, -0.2) is 24.8 Å². The van der Waals surface area contributed by atoms with Gasteiger partial charge in [-0.3, -0.25) is 4.79 Å². The lowest BCUT2D eigenvalue weighted by Crippen LogP contribution is -2.18. The second-order valence-corrected chi connectivity index (χ2v) is 4.07. The molecular formula is C11H17NO3. The van der Waals surface area contributed by atoms with E-state index in [1.165, 1.54) is 0 Å². The molecule has 0 aromatic rings. The number of rotatable bonds is 5. The van der Waals surface area contributed by atoms with Gasteiger partial charge in [-0.25, -0.2) is 0 Å². The van der Waals surface area contributed by atoms with Crippen molar-refractivity contribution in [3.05, 3.63) is 0 Å². The Morgan fingerprint density at radius 1 is 1.67 bits per heavy atom. The van der Waals surface area contributed by atoms with Gasteiger partial charge < -0.3 is 9.47 Å². The molecule has 2 unspecified atom stereocenters. The van der Waals surface area contributed by atoms with Crippen molar-refractivity contribution in [2.24, 2.45) is 5.92 Å². The second-order valence-electron chi connectivity index (χ2n) is 4.07. The average Bonchev–Trinajstić information content (AvgIpc) is 2.53. The van der Waals surface area contributed by atoms with Crippen LogP contribution in [0.4, 0.5) is 0 Å². The Kier molecular flexibility index (Phi) is 4.57. The van der Waals surface area contributed by atoms with Crippen LogP contribution in [0.15, 0.2) is 0 Å². The molecule has 0 aromatic carbocycles. The number of ether oxygens (including phenoxy) is 2. The van der Waals surface area contributed by atoms with E-state index in [1.54, 1.807) is 0 Å². The zero-order chi connectivity index (χ0) is 11.3. The molecule has 1 rings (SSSR count). The van der Waals surface area contributed by atoms with Crippen molar-refractivity contribution in [1.82, 2.24) is 0 Å². The van der Waals surface area contributed by atoms with Gasteiger partial charge in [0.1, 0.15) is 6.10 Å². The number of nitrogens with zero attached hydrogens (tertiary/aromatic N) is 1. The van der Waals surface area contributed by atoms with E-state index in [9.17, 15) is 4.79 Å². The highest BCUT2D eigenvalue weighted by molar-refractivity contribution is 5.74. The van der Waals surface area contributed by atoms with Crippen molar-refractivity contribution in [1.29, 1.82) is 5.26 Å². The first-order valence-corrected chi connectivity index (χ1v) is 5.32. The highest BCUT2D eigenvalue weighted by Crippen LogP contribution is 2.25. The molecule has 1 aliphatic heterocycles. The van der Waals surface area contributed by atoms with Crippen LogP contribution in [0.1, 0.15) is 33.1 Å². The van der Waals surface area contributed by atoms with Gasteiger partial charge in [0.25, 0.3) is 0 Å².